The molecule has 10 nitrogen and oxygen atoms in total. The van der Waals surface area contributed by atoms with E-state index in [4.69, 9.17) is 0 Å². The highest BCUT2D eigenvalue weighted by Gasteiger charge is 2.13. The summed E-state index contributed by atoms with van der Waals surface area (Å²) < 4.78 is 2.82. The zero-order valence-corrected chi connectivity index (χ0v) is 16.6. The summed E-state index contributed by atoms with van der Waals surface area (Å²) in [5.74, 6) is 0.0834. The molecule has 4 aromatic rings. The molecule has 2 heterocycles. The molecule has 31 heavy (non-hydrogen) atoms. The number of fused-ring (bicyclic) bond motifs is 1. The van der Waals surface area contributed by atoms with Gasteiger partial charge in [-0.05, 0) is 18.6 Å². The average Bonchev–Trinajstić information content (AvgIpc) is 3.16. The number of carbonyl (C=O) groups excluding carboxylic acids is 1. The smallest absolute Gasteiger partial charge is 0.271 e. The predicted octanol–water partition coefficient (Wildman–Crippen LogP) is 2.50. The number of nitrogens with zero attached hydrogens (tertiary/aromatic N) is 5. The molecule has 0 saturated carbocycles. The maximum atomic E-state index is 12.6. The molecule has 0 unspecified atom stereocenters. The molecule has 0 atom stereocenters. The van der Waals surface area contributed by atoms with Crippen molar-refractivity contribution in [3.63, 3.8) is 0 Å². The van der Waals surface area contributed by atoms with E-state index < -0.39 is 16.4 Å². The van der Waals surface area contributed by atoms with Crippen LogP contribution in [-0.4, -0.2) is 30.2 Å². The third kappa shape index (κ3) is 4.32. The molecule has 0 saturated heterocycles. The molecule has 0 aliphatic rings. The van der Waals surface area contributed by atoms with E-state index in [1.807, 2.05) is 31.2 Å². The second-order valence-corrected chi connectivity index (χ2v) is 7.05. The van der Waals surface area contributed by atoms with Crippen molar-refractivity contribution in [2.75, 3.05) is 5.32 Å². The lowest BCUT2D eigenvalue weighted by molar-refractivity contribution is -0.384. The fourth-order valence-electron chi connectivity index (χ4n) is 3.26. The maximum absolute atomic E-state index is 12.6. The van der Waals surface area contributed by atoms with Crippen LogP contribution in [0.3, 0.4) is 0 Å². The Morgan fingerprint density at radius 3 is 2.81 bits per heavy atom. The van der Waals surface area contributed by atoms with Gasteiger partial charge in [0.1, 0.15) is 12.4 Å². The number of non-ortho nitro benzene ring substituents is 1. The molecule has 2 aromatic heterocycles. The van der Waals surface area contributed by atoms with Crippen molar-refractivity contribution in [3.8, 4) is 0 Å². The topological polar surface area (TPSA) is 125 Å². The first-order valence-electron chi connectivity index (χ1n) is 9.41. The van der Waals surface area contributed by atoms with Gasteiger partial charge in [-0.25, -0.2) is 9.67 Å². The number of aromatic nitrogens is 4. The summed E-state index contributed by atoms with van der Waals surface area (Å²) in [6.45, 7) is 2.23. The Bertz CT molecular complexity index is 1360. The highest BCUT2D eigenvalue weighted by Crippen LogP contribution is 2.16. The molecule has 4 rings (SSSR count). The van der Waals surface area contributed by atoms with Gasteiger partial charge >= 0.3 is 0 Å². The summed E-state index contributed by atoms with van der Waals surface area (Å²) in [5, 5.41) is 18.1. The van der Waals surface area contributed by atoms with Gasteiger partial charge in [0.15, 0.2) is 0 Å². The first-order valence-corrected chi connectivity index (χ1v) is 9.41. The fraction of sp³-hybridized carbons (Fsp3) is 0.143. The minimum atomic E-state index is -0.556. The summed E-state index contributed by atoms with van der Waals surface area (Å²) in [7, 11) is 0. The van der Waals surface area contributed by atoms with E-state index in [-0.39, 0.29) is 23.1 Å². The van der Waals surface area contributed by atoms with Crippen LogP contribution in [0, 0.1) is 17.0 Å². The van der Waals surface area contributed by atoms with Crippen molar-refractivity contribution in [2.45, 2.75) is 20.0 Å². The molecule has 0 fully saturated rings. The second-order valence-electron chi connectivity index (χ2n) is 7.05. The number of aryl methyl sites for hydroxylation is 1. The van der Waals surface area contributed by atoms with Gasteiger partial charge in [-0.3, -0.25) is 24.3 Å². The van der Waals surface area contributed by atoms with E-state index in [1.165, 1.54) is 24.5 Å². The molecule has 2 aromatic carbocycles. The molecule has 156 valence electrons. The Labute approximate surface area is 175 Å². The van der Waals surface area contributed by atoms with Crippen molar-refractivity contribution in [3.05, 3.63) is 92.7 Å². The van der Waals surface area contributed by atoms with Crippen LogP contribution < -0.4 is 10.9 Å². The van der Waals surface area contributed by atoms with Crippen LogP contribution in [0.15, 0.2) is 65.8 Å². The van der Waals surface area contributed by atoms with Gasteiger partial charge in [-0.15, -0.1) is 0 Å². The number of nitrogens with one attached hydrogen (secondary N) is 1. The minimum absolute atomic E-state index is 0.156. The van der Waals surface area contributed by atoms with Crippen LogP contribution in [0.5, 0.6) is 0 Å². The van der Waals surface area contributed by atoms with Gasteiger partial charge in [-0.2, -0.15) is 5.10 Å². The molecule has 0 spiro atoms. The van der Waals surface area contributed by atoms with Gasteiger partial charge in [0, 0.05) is 18.2 Å². The Morgan fingerprint density at radius 1 is 1.19 bits per heavy atom. The van der Waals surface area contributed by atoms with E-state index in [0.29, 0.717) is 12.4 Å². The zero-order chi connectivity index (χ0) is 22.0. The van der Waals surface area contributed by atoms with Crippen LogP contribution in [0.1, 0.15) is 11.1 Å². The fourth-order valence-corrected chi connectivity index (χ4v) is 3.26. The Balaban J connectivity index is 1.51. The summed E-state index contributed by atoms with van der Waals surface area (Å²) in [5.41, 5.74) is 1.76. The largest absolute Gasteiger partial charge is 0.309 e. The summed E-state index contributed by atoms with van der Waals surface area (Å²) in [4.78, 5) is 39.6. The molecule has 1 amide bonds. The molecule has 1 N–H and O–H groups in total. The minimum Gasteiger partial charge on any atom is -0.309 e. The quantitative estimate of drug-likeness (QED) is 0.379. The second kappa shape index (κ2) is 8.19. The Kier molecular flexibility index (Phi) is 5.27. The van der Waals surface area contributed by atoms with E-state index in [9.17, 15) is 19.7 Å². The van der Waals surface area contributed by atoms with Crippen molar-refractivity contribution in [1.29, 1.82) is 0 Å². The third-order valence-electron chi connectivity index (χ3n) is 4.73. The van der Waals surface area contributed by atoms with Crippen LogP contribution in [0.2, 0.25) is 0 Å². The highest BCUT2D eigenvalue weighted by atomic mass is 16.6. The number of hydrogen-bond donors (Lipinski definition) is 1. The third-order valence-corrected chi connectivity index (χ3v) is 4.73. The summed E-state index contributed by atoms with van der Waals surface area (Å²) in [6.07, 6.45) is 2.79. The SMILES string of the molecule is Cc1cccc(Cn2nccc2NC(=O)Cn2cnc3cc([N+](=O)[O-])ccc3c2=O)c1. The lowest BCUT2D eigenvalue weighted by atomic mass is 10.1. The van der Waals surface area contributed by atoms with Gasteiger partial charge in [-0.1, -0.05) is 29.8 Å². The van der Waals surface area contributed by atoms with Gasteiger partial charge in [0.05, 0.1) is 34.9 Å². The molecular formula is C21H18N6O4. The Morgan fingerprint density at radius 2 is 2.03 bits per heavy atom. The molecule has 0 aliphatic heterocycles. The highest BCUT2D eigenvalue weighted by molar-refractivity contribution is 5.90. The van der Waals surface area contributed by atoms with E-state index in [0.717, 1.165) is 15.7 Å². The van der Waals surface area contributed by atoms with E-state index in [1.54, 1.807) is 16.9 Å². The van der Waals surface area contributed by atoms with Crippen molar-refractivity contribution >= 4 is 28.3 Å². The molecule has 0 aliphatic carbocycles. The van der Waals surface area contributed by atoms with E-state index >= 15 is 0 Å². The van der Waals surface area contributed by atoms with Crippen LogP contribution in [0.4, 0.5) is 11.5 Å². The molecule has 10 heteroatoms. The maximum Gasteiger partial charge on any atom is 0.271 e. The van der Waals surface area contributed by atoms with Crippen LogP contribution in [-0.2, 0) is 17.9 Å². The number of hydrogen-bond acceptors (Lipinski definition) is 6. The molecule has 0 bridgehead atoms. The summed E-state index contributed by atoms with van der Waals surface area (Å²) >= 11 is 0. The lowest BCUT2D eigenvalue weighted by Crippen LogP contribution is -2.28. The number of rotatable bonds is 6. The molecule has 0 radical (unpaired) electrons. The number of nitro benzene ring substituents is 1. The number of anilines is 1. The lowest BCUT2D eigenvalue weighted by Gasteiger charge is -2.11. The van der Waals surface area contributed by atoms with Gasteiger partial charge < -0.3 is 5.32 Å². The normalized spacial score (nSPS) is 10.9. The van der Waals surface area contributed by atoms with Crippen LogP contribution >= 0.6 is 0 Å². The van der Waals surface area contributed by atoms with Gasteiger partial charge in [0.2, 0.25) is 5.91 Å². The first kappa shape index (κ1) is 20.0. The van der Waals surface area contributed by atoms with Crippen molar-refractivity contribution in [2.24, 2.45) is 0 Å². The summed E-state index contributed by atoms with van der Waals surface area (Å²) in [6, 6.07) is 13.5. The monoisotopic (exact) mass is 418 g/mol. The van der Waals surface area contributed by atoms with Crippen molar-refractivity contribution < 1.29 is 9.72 Å². The number of benzene rings is 2. The number of nitro groups is 1. The van der Waals surface area contributed by atoms with Crippen LogP contribution in [0.25, 0.3) is 10.9 Å². The molecular weight excluding hydrogens is 400 g/mol. The van der Waals surface area contributed by atoms with E-state index in [2.05, 4.69) is 15.4 Å². The number of amides is 1. The average molecular weight is 418 g/mol. The zero-order valence-electron chi connectivity index (χ0n) is 16.6. The van der Waals surface area contributed by atoms with Crippen molar-refractivity contribution in [1.82, 2.24) is 19.3 Å². The Hall–Kier alpha value is -4.34. The van der Waals surface area contributed by atoms with Gasteiger partial charge in [0.25, 0.3) is 11.2 Å². The predicted molar refractivity (Wildman–Crippen MR) is 114 cm³/mol. The number of carbonyl (C=O) groups is 1. The first-order chi connectivity index (χ1) is 14.9. The standard InChI is InChI=1S/C21H18N6O4/c1-14-3-2-4-15(9-14)11-26-19(7-8-23-26)24-20(28)12-25-13-22-18-10-16(27(30)31)5-6-17(18)21(25)29/h2-10,13H,11-12H2,1H3,(H,24,28).